The summed E-state index contributed by atoms with van der Waals surface area (Å²) >= 11 is 0. The molecule has 2 aromatic rings. The van der Waals surface area contributed by atoms with Gasteiger partial charge in [-0.15, -0.1) is 0 Å². The van der Waals surface area contributed by atoms with Gasteiger partial charge >= 0.3 is 0 Å². The molecule has 1 heterocycles. The summed E-state index contributed by atoms with van der Waals surface area (Å²) < 4.78 is 7.27. The molecule has 1 aromatic carbocycles. The topological polar surface area (TPSA) is 39.1 Å². The largest absolute Gasteiger partial charge is 0.497 e. The highest BCUT2D eigenvalue weighted by Crippen LogP contribution is 2.33. The number of aryl methyl sites for hydroxylation is 2. The summed E-state index contributed by atoms with van der Waals surface area (Å²) in [6.07, 6.45) is 5.66. The molecule has 4 heteroatoms. The molecule has 0 saturated heterocycles. The van der Waals surface area contributed by atoms with Crippen molar-refractivity contribution < 1.29 is 4.74 Å². The van der Waals surface area contributed by atoms with Crippen molar-refractivity contribution in [3.63, 3.8) is 0 Å². The van der Waals surface area contributed by atoms with Crippen LogP contribution in [0, 0.1) is 6.92 Å². The van der Waals surface area contributed by atoms with Gasteiger partial charge in [0.05, 0.1) is 13.3 Å². The Balaban J connectivity index is 1.63. The van der Waals surface area contributed by atoms with Crippen LogP contribution >= 0.6 is 0 Å². The Morgan fingerprint density at radius 3 is 3.00 bits per heavy atom. The van der Waals surface area contributed by atoms with E-state index in [2.05, 4.69) is 35.5 Å². The molecule has 1 atom stereocenters. The Kier molecular flexibility index (Phi) is 4.48. The predicted octanol–water partition coefficient (Wildman–Crippen LogP) is 2.95. The van der Waals surface area contributed by atoms with Crippen LogP contribution in [-0.2, 0) is 20.0 Å². The lowest BCUT2D eigenvalue weighted by atomic mass is 9.82. The average molecular weight is 299 g/mol. The second-order valence-corrected chi connectivity index (χ2v) is 6.16. The predicted molar refractivity (Wildman–Crippen MR) is 88.3 cm³/mol. The van der Waals surface area contributed by atoms with Gasteiger partial charge in [-0.1, -0.05) is 6.07 Å². The molecule has 1 aliphatic rings. The van der Waals surface area contributed by atoms with Gasteiger partial charge in [0.2, 0.25) is 0 Å². The van der Waals surface area contributed by atoms with E-state index >= 15 is 0 Å². The van der Waals surface area contributed by atoms with Crippen LogP contribution < -0.4 is 10.1 Å². The second kappa shape index (κ2) is 6.53. The smallest absolute Gasteiger partial charge is 0.119 e. The Morgan fingerprint density at radius 2 is 2.27 bits per heavy atom. The standard InChI is InChI=1S/C18H25N3O/c1-13-16(12-20-21(13)2)11-19-10-15-6-4-5-14-9-17(22-3)7-8-18(14)15/h7-9,12,15,19H,4-6,10-11H2,1-3H3. The fourth-order valence-corrected chi connectivity index (χ4v) is 3.33. The molecular weight excluding hydrogens is 274 g/mol. The highest BCUT2D eigenvalue weighted by Gasteiger charge is 2.20. The first-order valence-electron chi connectivity index (χ1n) is 8.04. The number of nitrogens with one attached hydrogen (secondary N) is 1. The molecule has 1 aromatic heterocycles. The van der Waals surface area contributed by atoms with Crippen molar-refractivity contribution in [2.45, 2.75) is 38.6 Å². The number of rotatable bonds is 5. The fourth-order valence-electron chi connectivity index (χ4n) is 3.33. The number of methoxy groups -OCH3 is 1. The molecule has 0 aliphatic heterocycles. The monoisotopic (exact) mass is 299 g/mol. The molecule has 0 saturated carbocycles. The molecule has 0 radical (unpaired) electrons. The van der Waals surface area contributed by atoms with Crippen LogP contribution in [-0.4, -0.2) is 23.4 Å². The van der Waals surface area contributed by atoms with Gasteiger partial charge in [0.15, 0.2) is 0 Å². The normalized spacial score (nSPS) is 17.3. The van der Waals surface area contributed by atoms with E-state index in [1.807, 2.05) is 17.9 Å². The van der Waals surface area contributed by atoms with E-state index < -0.39 is 0 Å². The first kappa shape index (κ1) is 15.1. The lowest BCUT2D eigenvalue weighted by Gasteiger charge is -2.26. The van der Waals surface area contributed by atoms with E-state index in [4.69, 9.17) is 4.74 Å². The van der Waals surface area contributed by atoms with Gasteiger partial charge < -0.3 is 10.1 Å². The summed E-state index contributed by atoms with van der Waals surface area (Å²) in [5.74, 6) is 1.57. The highest BCUT2D eigenvalue weighted by molar-refractivity contribution is 5.39. The summed E-state index contributed by atoms with van der Waals surface area (Å²) in [4.78, 5) is 0. The van der Waals surface area contributed by atoms with Gasteiger partial charge in [-0.3, -0.25) is 4.68 Å². The minimum atomic E-state index is 0.603. The third-order valence-electron chi connectivity index (χ3n) is 4.83. The zero-order valence-electron chi connectivity index (χ0n) is 13.7. The van der Waals surface area contributed by atoms with Crippen molar-refractivity contribution >= 4 is 0 Å². The Bertz CT molecular complexity index is 648. The van der Waals surface area contributed by atoms with Crippen LogP contribution in [0.15, 0.2) is 24.4 Å². The van der Waals surface area contributed by atoms with Crippen LogP contribution in [0.5, 0.6) is 5.75 Å². The molecule has 0 bridgehead atoms. The van der Waals surface area contributed by atoms with E-state index in [9.17, 15) is 0 Å². The molecule has 1 N–H and O–H groups in total. The quantitative estimate of drug-likeness (QED) is 0.922. The minimum absolute atomic E-state index is 0.603. The Hall–Kier alpha value is -1.81. The van der Waals surface area contributed by atoms with Crippen LogP contribution in [0.4, 0.5) is 0 Å². The van der Waals surface area contributed by atoms with Gasteiger partial charge in [-0.25, -0.2) is 0 Å². The lowest BCUT2D eigenvalue weighted by Crippen LogP contribution is -2.24. The molecule has 4 nitrogen and oxygen atoms in total. The van der Waals surface area contributed by atoms with E-state index in [1.165, 1.54) is 41.6 Å². The van der Waals surface area contributed by atoms with Crippen molar-refractivity contribution in [2.24, 2.45) is 7.05 Å². The molecule has 1 aliphatic carbocycles. The molecule has 0 amide bonds. The van der Waals surface area contributed by atoms with Crippen molar-refractivity contribution in [3.8, 4) is 5.75 Å². The van der Waals surface area contributed by atoms with E-state index in [0.717, 1.165) is 18.8 Å². The Labute approximate surface area is 132 Å². The molecule has 0 fully saturated rings. The molecular formula is C18H25N3O. The van der Waals surface area contributed by atoms with Gasteiger partial charge in [0, 0.05) is 31.4 Å². The maximum Gasteiger partial charge on any atom is 0.119 e. The zero-order valence-corrected chi connectivity index (χ0v) is 13.7. The summed E-state index contributed by atoms with van der Waals surface area (Å²) in [6, 6.07) is 6.53. The number of hydrogen-bond donors (Lipinski definition) is 1. The van der Waals surface area contributed by atoms with Gasteiger partial charge in [-0.05, 0) is 55.4 Å². The number of benzene rings is 1. The summed E-state index contributed by atoms with van der Waals surface area (Å²) in [5, 5.41) is 7.91. The van der Waals surface area contributed by atoms with Crippen LogP contribution in [0.25, 0.3) is 0 Å². The van der Waals surface area contributed by atoms with Gasteiger partial charge in [0.1, 0.15) is 5.75 Å². The highest BCUT2D eigenvalue weighted by atomic mass is 16.5. The van der Waals surface area contributed by atoms with Gasteiger partial charge in [0.25, 0.3) is 0 Å². The number of nitrogens with zero attached hydrogens (tertiary/aromatic N) is 2. The molecule has 1 unspecified atom stereocenters. The molecule has 22 heavy (non-hydrogen) atoms. The van der Waals surface area contributed by atoms with Crippen LogP contribution in [0.1, 0.15) is 41.1 Å². The van der Waals surface area contributed by atoms with Crippen molar-refractivity contribution in [3.05, 3.63) is 46.8 Å². The third-order valence-corrected chi connectivity index (χ3v) is 4.83. The molecule has 118 valence electrons. The maximum atomic E-state index is 5.35. The Morgan fingerprint density at radius 1 is 1.41 bits per heavy atom. The number of hydrogen-bond acceptors (Lipinski definition) is 3. The summed E-state index contributed by atoms with van der Waals surface area (Å²) in [6.45, 7) is 4.03. The van der Waals surface area contributed by atoms with Crippen LogP contribution in [0.3, 0.4) is 0 Å². The van der Waals surface area contributed by atoms with E-state index in [0.29, 0.717) is 5.92 Å². The van der Waals surface area contributed by atoms with Crippen molar-refractivity contribution in [2.75, 3.05) is 13.7 Å². The third kappa shape index (κ3) is 3.02. The van der Waals surface area contributed by atoms with Crippen molar-refractivity contribution in [1.82, 2.24) is 15.1 Å². The van der Waals surface area contributed by atoms with Gasteiger partial charge in [-0.2, -0.15) is 5.10 Å². The minimum Gasteiger partial charge on any atom is -0.497 e. The lowest BCUT2D eigenvalue weighted by molar-refractivity contribution is 0.412. The SMILES string of the molecule is COc1ccc2c(c1)CCCC2CNCc1cnn(C)c1C. The number of aromatic nitrogens is 2. The summed E-state index contributed by atoms with van der Waals surface area (Å²) in [5.41, 5.74) is 5.46. The van der Waals surface area contributed by atoms with E-state index in [1.54, 1.807) is 7.11 Å². The number of fused-ring (bicyclic) bond motifs is 1. The van der Waals surface area contributed by atoms with Crippen molar-refractivity contribution in [1.29, 1.82) is 0 Å². The zero-order chi connectivity index (χ0) is 15.5. The van der Waals surface area contributed by atoms with E-state index in [-0.39, 0.29) is 0 Å². The first-order chi connectivity index (χ1) is 10.7. The number of ether oxygens (including phenoxy) is 1. The molecule has 3 rings (SSSR count). The summed E-state index contributed by atoms with van der Waals surface area (Å²) in [7, 11) is 3.73. The molecule has 0 spiro atoms. The first-order valence-corrected chi connectivity index (χ1v) is 8.04. The van der Waals surface area contributed by atoms with Crippen LogP contribution in [0.2, 0.25) is 0 Å². The maximum absolute atomic E-state index is 5.35. The fraction of sp³-hybridized carbons (Fsp3) is 0.500. The second-order valence-electron chi connectivity index (χ2n) is 6.16. The average Bonchev–Trinajstić information content (AvgIpc) is 2.86.